The zero-order valence-electron chi connectivity index (χ0n) is 14.0. The Morgan fingerprint density at radius 1 is 1.08 bits per heavy atom. The number of carboxylic acid groups (broad SMARTS) is 1. The number of aromatic carboxylic acids is 1. The van der Waals surface area contributed by atoms with Gasteiger partial charge >= 0.3 is 11.9 Å². The Kier molecular flexibility index (Phi) is 8.49. The van der Waals surface area contributed by atoms with Crippen molar-refractivity contribution in [2.45, 2.75) is 21.3 Å². The first-order valence-electron chi connectivity index (χ1n) is 7.10. The normalized spacial score (nSPS) is 9.19. The third-order valence-electron chi connectivity index (χ3n) is 3.19. The molecule has 8 nitrogen and oxygen atoms in total. The molecule has 2 rings (SSSR count). The van der Waals surface area contributed by atoms with Crippen LogP contribution in [0, 0.1) is 24.0 Å². The van der Waals surface area contributed by atoms with E-state index in [0.717, 1.165) is 5.56 Å². The second-order valence-electron chi connectivity index (χ2n) is 5.17. The number of methoxy groups -OCH3 is 1. The molecule has 0 spiro atoms. The summed E-state index contributed by atoms with van der Waals surface area (Å²) in [6, 6.07) is 9.22. The highest BCUT2D eigenvalue weighted by atomic mass is 16.6. The Hall–Kier alpha value is -3.42. The molecule has 3 N–H and O–H groups in total. The average Bonchev–Trinajstić information content (AvgIpc) is 2.54. The summed E-state index contributed by atoms with van der Waals surface area (Å²) in [5, 5.41) is 19.0. The first-order valence-corrected chi connectivity index (χ1v) is 7.10. The Morgan fingerprint density at radius 3 is 2.00 bits per heavy atom. The van der Waals surface area contributed by atoms with Gasteiger partial charge in [0.1, 0.15) is 5.56 Å². The number of nitro benzene ring substituents is 1. The standard InChI is InChI=1S/C9H11NO2.C8H7NO4.CH4/c1-6-3-4-7(8(10)5-6)9(11)12-2;1-5-2-3-6(8(10)11)7(4-5)9(12)13;/h3-5H,10H2,1-2H3;2-4H,1H3,(H,10,11);1H4. The fourth-order valence-corrected chi connectivity index (χ4v) is 1.95. The van der Waals surface area contributed by atoms with Gasteiger partial charge in [-0.25, -0.2) is 9.59 Å². The van der Waals surface area contributed by atoms with Gasteiger partial charge in [0.15, 0.2) is 0 Å². The zero-order chi connectivity index (χ0) is 19.1. The third kappa shape index (κ3) is 5.90. The number of benzene rings is 2. The molecule has 140 valence electrons. The second-order valence-corrected chi connectivity index (χ2v) is 5.17. The van der Waals surface area contributed by atoms with Crippen LogP contribution in [0.1, 0.15) is 39.3 Å². The van der Waals surface area contributed by atoms with Crippen LogP contribution in [0.5, 0.6) is 0 Å². The predicted molar refractivity (Wildman–Crippen MR) is 98.5 cm³/mol. The molecule has 0 aliphatic carbocycles. The number of hydrogen-bond donors (Lipinski definition) is 2. The van der Waals surface area contributed by atoms with Crippen LogP contribution >= 0.6 is 0 Å². The number of hydrogen-bond acceptors (Lipinski definition) is 6. The molecular formula is C18H22N2O6. The number of carbonyl (C=O) groups excluding carboxylic acids is 1. The molecule has 0 saturated carbocycles. The van der Waals surface area contributed by atoms with Crippen molar-refractivity contribution in [1.82, 2.24) is 0 Å². The van der Waals surface area contributed by atoms with E-state index in [9.17, 15) is 19.7 Å². The van der Waals surface area contributed by atoms with Crippen molar-refractivity contribution in [1.29, 1.82) is 0 Å². The lowest BCUT2D eigenvalue weighted by Crippen LogP contribution is -2.05. The summed E-state index contributed by atoms with van der Waals surface area (Å²) in [5.74, 6) is -1.68. The molecule has 0 radical (unpaired) electrons. The summed E-state index contributed by atoms with van der Waals surface area (Å²) in [5.41, 5.74) is 7.52. The molecule has 0 aromatic heterocycles. The smallest absolute Gasteiger partial charge is 0.342 e. The van der Waals surface area contributed by atoms with Crippen molar-refractivity contribution >= 4 is 23.3 Å². The maximum atomic E-state index is 11.0. The van der Waals surface area contributed by atoms with Crippen LogP contribution < -0.4 is 5.73 Å². The Morgan fingerprint density at radius 2 is 1.58 bits per heavy atom. The number of anilines is 1. The van der Waals surface area contributed by atoms with Crippen molar-refractivity contribution in [3.63, 3.8) is 0 Å². The Balaban J connectivity index is 0.000000464. The van der Waals surface area contributed by atoms with E-state index >= 15 is 0 Å². The Bertz CT molecular complexity index is 817. The van der Waals surface area contributed by atoms with Gasteiger partial charge in [0, 0.05) is 11.8 Å². The fraction of sp³-hybridized carbons (Fsp3) is 0.222. The number of carbonyl (C=O) groups is 2. The van der Waals surface area contributed by atoms with Crippen molar-refractivity contribution < 1.29 is 24.4 Å². The van der Waals surface area contributed by atoms with Gasteiger partial charge in [-0.1, -0.05) is 19.6 Å². The van der Waals surface area contributed by atoms with E-state index in [1.807, 2.05) is 13.0 Å². The summed E-state index contributed by atoms with van der Waals surface area (Å²) in [7, 11) is 1.33. The van der Waals surface area contributed by atoms with E-state index in [4.69, 9.17) is 10.8 Å². The van der Waals surface area contributed by atoms with Gasteiger partial charge in [-0.15, -0.1) is 0 Å². The maximum Gasteiger partial charge on any atom is 0.342 e. The molecule has 0 saturated heterocycles. The minimum Gasteiger partial charge on any atom is -0.477 e. The van der Waals surface area contributed by atoms with Crippen LogP contribution in [0.4, 0.5) is 11.4 Å². The minimum atomic E-state index is -1.29. The molecule has 0 atom stereocenters. The summed E-state index contributed by atoms with van der Waals surface area (Å²) < 4.78 is 4.54. The molecule has 2 aromatic carbocycles. The van der Waals surface area contributed by atoms with Gasteiger partial charge in [0.05, 0.1) is 17.6 Å². The molecule has 8 heteroatoms. The van der Waals surface area contributed by atoms with Crippen LogP contribution in [-0.4, -0.2) is 29.1 Å². The number of esters is 1. The van der Waals surface area contributed by atoms with Crippen LogP contribution in [0.2, 0.25) is 0 Å². The fourth-order valence-electron chi connectivity index (χ4n) is 1.95. The number of aryl methyl sites for hydroxylation is 2. The Labute approximate surface area is 151 Å². The SMILES string of the molecule is C.COC(=O)c1ccc(C)cc1N.Cc1ccc(C(=O)O)c([N+](=O)[O-])c1. The zero-order valence-corrected chi connectivity index (χ0v) is 14.0. The van der Waals surface area contributed by atoms with Crippen molar-refractivity contribution in [2.75, 3.05) is 12.8 Å². The van der Waals surface area contributed by atoms with Crippen LogP contribution in [-0.2, 0) is 4.74 Å². The number of nitro groups is 1. The first-order chi connectivity index (χ1) is 11.7. The monoisotopic (exact) mass is 362 g/mol. The van der Waals surface area contributed by atoms with Crippen LogP contribution in [0.25, 0.3) is 0 Å². The van der Waals surface area contributed by atoms with Crippen molar-refractivity contribution in [2.24, 2.45) is 0 Å². The number of nitrogen functional groups attached to an aromatic ring is 1. The summed E-state index contributed by atoms with van der Waals surface area (Å²) >= 11 is 0. The molecule has 0 unspecified atom stereocenters. The van der Waals surface area contributed by atoms with Gasteiger partial charge in [-0.2, -0.15) is 0 Å². The number of ether oxygens (including phenoxy) is 1. The van der Waals surface area contributed by atoms with E-state index in [-0.39, 0.29) is 18.7 Å². The predicted octanol–water partition coefficient (Wildman–Crippen LogP) is 3.60. The van der Waals surface area contributed by atoms with Gasteiger partial charge in [0.2, 0.25) is 0 Å². The largest absolute Gasteiger partial charge is 0.477 e. The van der Waals surface area contributed by atoms with Crippen LogP contribution in [0.3, 0.4) is 0 Å². The van der Waals surface area contributed by atoms with E-state index in [1.165, 1.54) is 25.3 Å². The van der Waals surface area contributed by atoms with Gasteiger partial charge in [0.25, 0.3) is 5.69 Å². The highest BCUT2D eigenvalue weighted by Crippen LogP contribution is 2.19. The van der Waals surface area contributed by atoms with Gasteiger partial charge < -0.3 is 15.6 Å². The highest BCUT2D eigenvalue weighted by Gasteiger charge is 2.18. The lowest BCUT2D eigenvalue weighted by molar-refractivity contribution is -0.385. The summed E-state index contributed by atoms with van der Waals surface area (Å²) in [6.45, 7) is 3.58. The molecule has 2 aromatic rings. The number of nitrogens with zero attached hydrogens (tertiary/aromatic N) is 1. The highest BCUT2D eigenvalue weighted by molar-refractivity contribution is 5.95. The molecule has 0 amide bonds. The molecule has 26 heavy (non-hydrogen) atoms. The second kappa shape index (κ2) is 9.77. The van der Waals surface area contributed by atoms with Gasteiger partial charge in [-0.3, -0.25) is 10.1 Å². The molecule has 0 aliphatic rings. The first kappa shape index (κ1) is 22.6. The summed E-state index contributed by atoms with van der Waals surface area (Å²) in [4.78, 5) is 31.3. The minimum absolute atomic E-state index is 0. The van der Waals surface area contributed by atoms with Crippen molar-refractivity contribution in [3.05, 3.63) is 68.8 Å². The number of rotatable bonds is 3. The lowest BCUT2D eigenvalue weighted by atomic mass is 10.1. The molecule has 0 heterocycles. The van der Waals surface area contributed by atoms with E-state index in [1.54, 1.807) is 19.1 Å². The van der Waals surface area contributed by atoms with Crippen LogP contribution in [0.15, 0.2) is 36.4 Å². The average molecular weight is 362 g/mol. The van der Waals surface area contributed by atoms with Crippen molar-refractivity contribution in [3.8, 4) is 0 Å². The van der Waals surface area contributed by atoms with E-state index in [2.05, 4.69) is 4.74 Å². The van der Waals surface area contributed by atoms with Gasteiger partial charge in [-0.05, 0) is 43.2 Å². The number of carboxylic acids is 1. The quantitative estimate of drug-likeness (QED) is 0.369. The molecular weight excluding hydrogens is 340 g/mol. The van der Waals surface area contributed by atoms with E-state index < -0.39 is 16.9 Å². The maximum absolute atomic E-state index is 11.0. The molecule has 0 bridgehead atoms. The summed E-state index contributed by atoms with van der Waals surface area (Å²) in [6.07, 6.45) is 0. The third-order valence-corrected chi connectivity index (χ3v) is 3.19. The number of nitrogens with two attached hydrogens (primary N) is 1. The topological polar surface area (TPSA) is 133 Å². The van der Waals surface area contributed by atoms with E-state index in [0.29, 0.717) is 16.8 Å². The lowest BCUT2D eigenvalue weighted by Gasteiger charge is -2.03. The molecule has 0 fully saturated rings. The molecule has 0 aliphatic heterocycles.